The fourth-order valence-electron chi connectivity index (χ4n) is 2.15. The van der Waals surface area contributed by atoms with Gasteiger partial charge in [-0.15, -0.1) is 0 Å². The minimum Gasteiger partial charge on any atom is -0.305 e. The molecule has 0 amide bonds. The van der Waals surface area contributed by atoms with Crippen molar-refractivity contribution in [3.63, 3.8) is 0 Å². The van der Waals surface area contributed by atoms with Crippen molar-refractivity contribution in [2.45, 2.75) is 33.6 Å². The summed E-state index contributed by atoms with van der Waals surface area (Å²) in [6, 6.07) is 0. The molecule has 0 saturated heterocycles. The van der Waals surface area contributed by atoms with Gasteiger partial charge in [-0.1, -0.05) is 20.8 Å². The molecule has 2 heterocycles. The summed E-state index contributed by atoms with van der Waals surface area (Å²) in [4.78, 5) is 19.5. The normalized spacial score (nSPS) is 11.3. The van der Waals surface area contributed by atoms with Crippen molar-refractivity contribution in [3.05, 3.63) is 32.4 Å². The Labute approximate surface area is 126 Å². The van der Waals surface area contributed by atoms with E-state index in [0.717, 1.165) is 29.8 Å². The lowest BCUT2D eigenvalue weighted by molar-refractivity contribution is 0.631. The number of aryl methyl sites for hydroxylation is 2. The molecule has 0 aliphatic rings. The standard InChI is InChI=1S/C14H19BrN4O/c1-5-10-9(7-19(4)18-10)13-16-11(6-8(2)3)12(15)14(20)17-13/h7-8H,5-6H2,1-4H3,(H,16,17,20). The van der Waals surface area contributed by atoms with Gasteiger partial charge in [-0.25, -0.2) is 4.98 Å². The Morgan fingerprint density at radius 2 is 2.10 bits per heavy atom. The largest absolute Gasteiger partial charge is 0.305 e. The summed E-state index contributed by atoms with van der Waals surface area (Å²) in [5.74, 6) is 1.03. The van der Waals surface area contributed by atoms with E-state index in [1.54, 1.807) is 4.68 Å². The lowest BCUT2D eigenvalue weighted by atomic mass is 10.1. The minimum atomic E-state index is -0.142. The Bertz CT molecular complexity index is 672. The molecule has 5 nitrogen and oxygen atoms in total. The average molecular weight is 339 g/mol. The first kappa shape index (κ1) is 15.0. The van der Waals surface area contributed by atoms with Crippen LogP contribution in [0.4, 0.5) is 0 Å². The molecule has 0 aromatic carbocycles. The molecular weight excluding hydrogens is 320 g/mol. The van der Waals surface area contributed by atoms with E-state index in [1.807, 2.05) is 20.2 Å². The molecule has 0 atom stereocenters. The molecule has 0 aliphatic heterocycles. The van der Waals surface area contributed by atoms with Crippen molar-refractivity contribution in [2.75, 3.05) is 0 Å². The van der Waals surface area contributed by atoms with Gasteiger partial charge >= 0.3 is 0 Å². The van der Waals surface area contributed by atoms with Gasteiger partial charge in [-0.05, 0) is 34.7 Å². The molecule has 1 N–H and O–H groups in total. The maximum Gasteiger partial charge on any atom is 0.265 e. The van der Waals surface area contributed by atoms with Gasteiger partial charge in [0.15, 0.2) is 0 Å². The van der Waals surface area contributed by atoms with Gasteiger partial charge in [0, 0.05) is 13.2 Å². The minimum absolute atomic E-state index is 0.142. The van der Waals surface area contributed by atoms with Gasteiger partial charge in [-0.2, -0.15) is 5.10 Å². The second-order valence-corrected chi connectivity index (χ2v) is 6.08. The van der Waals surface area contributed by atoms with Crippen LogP contribution in [0.15, 0.2) is 15.5 Å². The molecular formula is C14H19BrN4O. The summed E-state index contributed by atoms with van der Waals surface area (Å²) >= 11 is 3.33. The first-order chi connectivity index (χ1) is 9.42. The SMILES string of the molecule is CCc1nn(C)cc1-c1nc(CC(C)C)c(Br)c(=O)[nH]1. The second-order valence-electron chi connectivity index (χ2n) is 5.29. The van der Waals surface area contributed by atoms with Crippen LogP contribution >= 0.6 is 15.9 Å². The summed E-state index contributed by atoms with van der Waals surface area (Å²) in [5, 5.41) is 4.39. The van der Waals surface area contributed by atoms with Gasteiger partial charge in [0.1, 0.15) is 10.3 Å². The van der Waals surface area contributed by atoms with Crippen molar-refractivity contribution >= 4 is 15.9 Å². The van der Waals surface area contributed by atoms with Crippen molar-refractivity contribution in [3.8, 4) is 11.4 Å². The third-order valence-electron chi connectivity index (χ3n) is 3.03. The number of rotatable bonds is 4. The zero-order valence-electron chi connectivity index (χ0n) is 12.2. The molecule has 0 unspecified atom stereocenters. The molecule has 0 fully saturated rings. The Hall–Kier alpha value is -1.43. The van der Waals surface area contributed by atoms with Gasteiger partial charge in [-0.3, -0.25) is 9.48 Å². The van der Waals surface area contributed by atoms with Crippen molar-refractivity contribution in [1.29, 1.82) is 0 Å². The van der Waals surface area contributed by atoms with Crippen LogP contribution in [-0.4, -0.2) is 19.7 Å². The maximum atomic E-state index is 12.1. The van der Waals surface area contributed by atoms with E-state index in [-0.39, 0.29) is 5.56 Å². The predicted molar refractivity (Wildman–Crippen MR) is 82.7 cm³/mol. The molecule has 108 valence electrons. The second kappa shape index (κ2) is 5.91. The van der Waals surface area contributed by atoms with Crippen LogP contribution in [0.25, 0.3) is 11.4 Å². The lowest BCUT2D eigenvalue weighted by Gasteiger charge is -2.08. The number of halogens is 1. The Morgan fingerprint density at radius 1 is 1.40 bits per heavy atom. The Balaban J connectivity index is 2.57. The Morgan fingerprint density at radius 3 is 2.70 bits per heavy atom. The third kappa shape index (κ3) is 3.00. The van der Waals surface area contributed by atoms with Crippen molar-refractivity contribution in [1.82, 2.24) is 19.7 Å². The number of nitrogens with one attached hydrogen (secondary N) is 1. The molecule has 0 radical (unpaired) electrons. The number of hydrogen-bond acceptors (Lipinski definition) is 3. The monoisotopic (exact) mass is 338 g/mol. The van der Waals surface area contributed by atoms with E-state index < -0.39 is 0 Å². The van der Waals surface area contributed by atoms with Gasteiger partial charge in [0.25, 0.3) is 5.56 Å². The first-order valence-electron chi connectivity index (χ1n) is 6.74. The summed E-state index contributed by atoms with van der Waals surface area (Å²) < 4.78 is 2.27. The fourth-order valence-corrected chi connectivity index (χ4v) is 2.50. The van der Waals surface area contributed by atoms with Crippen LogP contribution in [0.3, 0.4) is 0 Å². The highest BCUT2D eigenvalue weighted by molar-refractivity contribution is 9.10. The highest BCUT2D eigenvalue weighted by Gasteiger charge is 2.15. The van der Waals surface area contributed by atoms with Crippen LogP contribution in [0.1, 0.15) is 32.2 Å². The number of aromatic nitrogens is 4. The predicted octanol–water partition coefficient (Wildman–Crippen LogP) is 2.69. The van der Waals surface area contributed by atoms with Crippen molar-refractivity contribution in [2.24, 2.45) is 13.0 Å². The summed E-state index contributed by atoms with van der Waals surface area (Å²) in [6.07, 6.45) is 3.46. The lowest BCUT2D eigenvalue weighted by Crippen LogP contribution is -2.15. The molecule has 0 saturated carbocycles. The number of nitrogens with zero attached hydrogens (tertiary/aromatic N) is 3. The van der Waals surface area contributed by atoms with Gasteiger partial charge < -0.3 is 4.98 Å². The Kier molecular flexibility index (Phi) is 4.42. The van der Waals surface area contributed by atoms with Crippen LogP contribution in [0, 0.1) is 5.92 Å². The van der Waals surface area contributed by atoms with E-state index in [1.165, 1.54) is 0 Å². The number of aromatic amines is 1. The van der Waals surface area contributed by atoms with Crippen molar-refractivity contribution < 1.29 is 0 Å². The molecule has 0 aliphatic carbocycles. The highest BCUT2D eigenvalue weighted by Crippen LogP contribution is 2.21. The molecule has 20 heavy (non-hydrogen) atoms. The van der Waals surface area contributed by atoms with E-state index in [2.05, 4.69) is 44.8 Å². The third-order valence-corrected chi connectivity index (χ3v) is 3.85. The van der Waals surface area contributed by atoms with Crippen LogP contribution < -0.4 is 5.56 Å². The average Bonchev–Trinajstić information content (AvgIpc) is 2.75. The van der Waals surface area contributed by atoms with Crippen LogP contribution in [0.2, 0.25) is 0 Å². The highest BCUT2D eigenvalue weighted by atomic mass is 79.9. The number of H-pyrrole nitrogens is 1. The smallest absolute Gasteiger partial charge is 0.265 e. The first-order valence-corrected chi connectivity index (χ1v) is 7.53. The fraction of sp³-hybridized carbons (Fsp3) is 0.500. The van der Waals surface area contributed by atoms with Gasteiger partial charge in [0.2, 0.25) is 0 Å². The maximum absolute atomic E-state index is 12.1. The topological polar surface area (TPSA) is 63.6 Å². The molecule has 0 spiro atoms. The zero-order chi connectivity index (χ0) is 14.9. The van der Waals surface area contributed by atoms with Crippen LogP contribution in [-0.2, 0) is 19.9 Å². The van der Waals surface area contributed by atoms with Crippen LogP contribution in [0.5, 0.6) is 0 Å². The van der Waals surface area contributed by atoms with Gasteiger partial charge in [0.05, 0.1) is 17.0 Å². The summed E-state index contributed by atoms with van der Waals surface area (Å²) in [7, 11) is 1.87. The molecule has 2 aromatic rings. The molecule has 0 bridgehead atoms. The zero-order valence-corrected chi connectivity index (χ0v) is 13.8. The molecule has 2 aromatic heterocycles. The molecule has 2 rings (SSSR count). The summed E-state index contributed by atoms with van der Waals surface area (Å²) in [6.45, 7) is 6.25. The quantitative estimate of drug-likeness (QED) is 0.932. The van der Waals surface area contributed by atoms with E-state index in [4.69, 9.17) is 0 Å². The van der Waals surface area contributed by atoms with E-state index in [9.17, 15) is 4.79 Å². The van der Waals surface area contributed by atoms with E-state index >= 15 is 0 Å². The molecule has 6 heteroatoms. The number of hydrogen-bond donors (Lipinski definition) is 1. The summed E-state index contributed by atoms with van der Waals surface area (Å²) in [5.41, 5.74) is 2.49. The van der Waals surface area contributed by atoms with E-state index in [0.29, 0.717) is 16.2 Å².